The summed E-state index contributed by atoms with van der Waals surface area (Å²) < 4.78 is 0. The molecule has 1 saturated heterocycles. The second-order valence-electron chi connectivity index (χ2n) is 17.9. The summed E-state index contributed by atoms with van der Waals surface area (Å²) in [5.41, 5.74) is 11.5. The molecule has 1 aromatic rings. The van der Waals surface area contributed by atoms with Gasteiger partial charge in [-0.3, -0.25) is 43.2 Å². The van der Waals surface area contributed by atoms with E-state index in [4.69, 9.17) is 11.5 Å². The molecule has 0 aromatic heterocycles. The van der Waals surface area contributed by atoms with Crippen LogP contribution in [0.25, 0.3) is 0 Å². The lowest BCUT2D eigenvalue weighted by Crippen LogP contribution is -2.62. The Kier molecular flexibility index (Phi) is 25.4. The number of benzene rings is 1. The summed E-state index contributed by atoms with van der Waals surface area (Å²) in [7, 11) is 0. The predicted octanol–water partition coefficient (Wildman–Crippen LogP) is -3.68. The summed E-state index contributed by atoms with van der Waals surface area (Å²) >= 11 is 7.94. The van der Waals surface area contributed by atoms with Crippen LogP contribution < -0.4 is 48.7 Å². The van der Waals surface area contributed by atoms with Crippen molar-refractivity contribution in [2.75, 3.05) is 24.7 Å². The van der Waals surface area contributed by atoms with Crippen LogP contribution >= 0.6 is 25.3 Å². The van der Waals surface area contributed by atoms with E-state index in [0.29, 0.717) is 12.0 Å². The Morgan fingerprint density at radius 2 is 1.19 bits per heavy atom. The number of nitrogens with two attached hydrogens (primary N) is 2. The number of likely N-dealkylation sites (tertiary alicyclic amines) is 1. The second-order valence-corrected chi connectivity index (χ2v) is 18.6. The van der Waals surface area contributed by atoms with Gasteiger partial charge < -0.3 is 74.0 Å². The molecule has 1 fully saturated rings. The van der Waals surface area contributed by atoms with Gasteiger partial charge in [-0.15, -0.1) is 0 Å². The Hall–Kier alpha value is -5.70. The van der Waals surface area contributed by atoms with Gasteiger partial charge in [0.2, 0.25) is 53.2 Å². The average molecular weight is 1030 g/mol. The molecule has 0 radical (unpaired) electrons. The van der Waals surface area contributed by atoms with Gasteiger partial charge in [-0.25, -0.2) is 4.79 Å². The molecule has 1 aromatic carbocycles. The number of hydrogen-bond donors (Lipinski definition) is 15. The molecule has 70 heavy (non-hydrogen) atoms. The highest BCUT2D eigenvalue weighted by molar-refractivity contribution is 7.80. The van der Waals surface area contributed by atoms with Crippen molar-refractivity contribution in [1.29, 1.82) is 0 Å². The number of carboxylic acid groups (broad SMARTS) is 1. The number of aliphatic hydroxyl groups is 2. The highest BCUT2D eigenvalue weighted by Gasteiger charge is 2.41. The Bertz CT molecular complexity index is 2000. The first-order valence-electron chi connectivity index (χ1n) is 22.8. The second kappa shape index (κ2) is 29.5. The average Bonchev–Trinajstić information content (AvgIpc) is 3.79. The lowest BCUT2D eigenvalue weighted by atomic mass is 10.0. The molecular weight excluding hydrogens is 957 g/mol. The summed E-state index contributed by atoms with van der Waals surface area (Å²) in [5.74, 6) is -10.1. The lowest BCUT2D eigenvalue weighted by Gasteiger charge is -2.31. The number of rotatable bonds is 29. The van der Waals surface area contributed by atoms with Crippen molar-refractivity contribution in [3.8, 4) is 5.75 Å². The number of phenols is 1. The molecule has 1 aliphatic rings. The van der Waals surface area contributed by atoms with E-state index in [1.807, 2.05) is 0 Å². The van der Waals surface area contributed by atoms with E-state index in [2.05, 4.69) is 62.5 Å². The van der Waals surface area contributed by atoms with Crippen LogP contribution in [0, 0.1) is 11.8 Å². The van der Waals surface area contributed by atoms with Crippen molar-refractivity contribution in [3.63, 3.8) is 0 Å². The summed E-state index contributed by atoms with van der Waals surface area (Å²) in [4.78, 5) is 134. The van der Waals surface area contributed by atoms with Gasteiger partial charge in [-0.2, -0.15) is 25.3 Å². The van der Waals surface area contributed by atoms with Crippen molar-refractivity contribution >= 4 is 84.4 Å². The van der Waals surface area contributed by atoms with Gasteiger partial charge >= 0.3 is 5.97 Å². The van der Waals surface area contributed by atoms with Gasteiger partial charge in [0.1, 0.15) is 54.1 Å². The topological polar surface area (TPSA) is 391 Å². The smallest absolute Gasteiger partial charge is 0.327 e. The largest absolute Gasteiger partial charge is 0.508 e. The number of aromatic hydroxyl groups is 1. The van der Waals surface area contributed by atoms with Gasteiger partial charge in [0.05, 0.1) is 18.8 Å². The van der Waals surface area contributed by atoms with Crippen LogP contribution in [-0.2, 0) is 54.4 Å². The van der Waals surface area contributed by atoms with Crippen LogP contribution in [0.4, 0.5) is 0 Å². The van der Waals surface area contributed by atoms with Gasteiger partial charge in [0.15, 0.2) is 0 Å². The maximum Gasteiger partial charge on any atom is 0.327 e. The zero-order valence-electron chi connectivity index (χ0n) is 39.9. The monoisotopic (exact) mass is 1030 g/mol. The van der Waals surface area contributed by atoms with Crippen molar-refractivity contribution < 1.29 is 68.4 Å². The molecule has 0 aliphatic carbocycles. The Morgan fingerprint density at radius 1 is 0.686 bits per heavy atom. The maximum absolute atomic E-state index is 14.3. The number of primary amides is 1. The Balaban J connectivity index is 2.43. The highest BCUT2D eigenvalue weighted by atomic mass is 32.1. The zero-order valence-corrected chi connectivity index (χ0v) is 41.7. The van der Waals surface area contributed by atoms with Crippen molar-refractivity contribution in [2.45, 2.75) is 140 Å². The van der Waals surface area contributed by atoms with Gasteiger partial charge in [-0.05, 0) is 68.6 Å². The first kappa shape index (κ1) is 60.4. The molecule has 24 nitrogen and oxygen atoms in total. The molecule has 2 rings (SSSR count). The number of nitrogens with zero attached hydrogens (tertiary/aromatic N) is 1. The number of phenolic OH excluding ortho intramolecular Hbond substituents is 1. The van der Waals surface area contributed by atoms with E-state index in [-0.39, 0.29) is 67.7 Å². The fourth-order valence-corrected chi connectivity index (χ4v) is 7.69. The van der Waals surface area contributed by atoms with E-state index in [1.54, 1.807) is 27.7 Å². The number of carbonyl (C=O) groups excluding carboxylic acids is 9. The summed E-state index contributed by atoms with van der Waals surface area (Å²) in [6.45, 7) is 7.24. The summed E-state index contributed by atoms with van der Waals surface area (Å²) in [6.07, 6.45) is -1.96. The minimum absolute atomic E-state index is 0.0163. The molecule has 0 saturated carbocycles. The number of carbonyl (C=O) groups is 10. The fraction of sp³-hybridized carbons (Fsp3) is 0.636. The number of hydrogen-bond acceptors (Lipinski definition) is 16. The molecule has 10 atom stereocenters. The van der Waals surface area contributed by atoms with E-state index < -0.39 is 133 Å². The van der Waals surface area contributed by atoms with Gasteiger partial charge in [-0.1, -0.05) is 39.8 Å². The van der Waals surface area contributed by atoms with Crippen molar-refractivity contribution in [2.24, 2.45) is 23.3 Å². The number of aliphatic hydroxyl groups excluding tert-OH is 2. The lowest BCUT2D eigenvalue weighted by molar-refractivity contribution is -0.143. The number of aliphatic carboxylic acids is 1. The number of thiol groups is 2. The first-order valence-corrected chi connectivity index (χ1v) is 24.1. The highest BCUT2D eigenvalue weighted by Crippen LogP contribution is 2.21. The minimum Gasteiger partial charge on any atom is -0.508 e. The molecule has 0 bridgehead atoms. The van der Waals surface area contributed by atoms with Crippen LogP contribution in [0.2, 0.25) is 0 Å². The molecule has 0 spiro atoms. The van der Waals surface area contributed by atoms with Crippen LogP contribution in [0.5, 0.6) is 5.75 Å². The third kappa shape index (κ3) is 19.6. The van der Waals surface area contributed by atoms with Crippen molar-refractivity contribution in [3.05, 3.63) is 29.8 Å². The van der Waals surface area contributed by atoms with Gasteiger partial charge in [0.25, 0.3) is 0 Å². The zero-order chi connectivity index (χ0) is 53.0. The molecular formula is C44H70N10O14S2. The minimum atomic E-state index is -1.75. The third-order valence-electron chi connectivity index (χ3n) is 11.0. The predicted molar refractivity (Wildman–Crippen MR) is 259 cm³/mol. The molecule has 15 N–H and O–H groups in total. The maximum atomic E-state index is 14.3. The standard InChI is InChI=1S/C44H70N10O14S2/c1-21(2)15-28(38(61)52-32(20-70)44(67)68)49-41(64)33-7-6-14-54(33)43(66)27(12-13-34(46)58)47-39(62)30(17-24-8-10-25(57)11-9-24)48-40(63)31(18-55)51-37(60)29(16-22(3)4)50-42(65)35(23(5)56)53-36(59)26(45)19-69/h8-11,21-23,26-33,35,55-57,69-70H,6-7,12-20,45H2,1-5H3,(H2,46,58)(H,47,62)(H,48,63)(H,49,64)(H,50,65)(H,51,60)(H,52,61)(H,53,59)(H,67,68)/t23-,26+,27+,28+,29+,30+,31+,32+,33+,35+/m1/s1. The Labute approximate surface area is 417 Å². The first-order chi connectivity index (χ1) is 32.8. The third-order valence-corrected chi connectivity index (χ3v) is 11.8. The van der Waals surface area contributed by atoms with Crippen LogP contribution in [0.15, 0.2) is 24.3 Å². The SMILES string of the molecule is CC(C)C[C@H](NC(=O)[C@@H](NC(=O)[C@@H](N)CS)[C@@H](C)O)C(=O)N[C@@H](CO)C(=O)N[C@@H](Cc1ccc(O)cc1)C(=O)N[C@@H](CCC(N)=O)C(=O)N1CCC[C@H]1C(=O)N[C@@H](CC(C)C)C(=O)N[C@@H](CS)C(=O)O. The summed E-state index contributed by atoms with van der Waals surface area (Å²) in [6, 6.07) is -7.09. The van der Waals surface area contributed by atoms with Crippen LogP contribution in [0.3, 0.4) is 0 Å². The normalized spacial score (nSPS) is 17.3. The molecule has 1 heterocycles. The molecule has 26 heteroatoms. The van der Waals surface area contributed by atoms with Crippen LogP contribution in [-0.4, -0.2) is 170 Å². The molecule has 9 amide bonds. The van der Waals surface area contributed by atoms with E-state index in [0.717, 1.165) is 0 Å². The summed E-state index contributed by atoms with van der Waals surface area (Å²) in [5, 5.41) is 57.2. The quantitative estimate of drug-likeness (QED) is 0.0344. The number of amides is 9. The van der Waals surface area contributed by atoms with E-state index >= 15 is 0 Å². The fourth-order valence-electron chi connectivity index (χ4n) is 7.28. The van der Waals surface area contributed by atoms with Crippen LogP contribution in [0.1, 0.15) is 78.7 Å². The van der Waals surface area contributed by atoms with Gasteiger partial charge in [0, 0.05) is 30.9 Å². The van der Waals surface area contributed by atoms with E-state index in [1.165, 1.54) is 36.1 Å². The number of nitrogens with one attached hydrogen (secondary N) is 7. The van der Waals surface area contributed by atoms with Crippen molar-refractivity contribution in [1.82, 2.24) is 42.1 Å². The molecule has 0 unspecified atom stereocenters. The molecule has 1 aliphatic heterocycles. The van der Waals surface area contributed by atoms with E-state index in [9.17, 15) is 68.4 Å². The number of carboxylic acids is 1. The Morgan fingerprint density at radius 3 is 1.69 bits per heavy atom. The molecule has 392 valence electrons.